The molecule has 1 aromatic carbocycles. The zero-order valence-electron chi connectivity index (χ0n) is 13.5. The van der Waals surface area contributed by atoms with Gasteiger partial charge in [0.25, 0.3) is 0 Å². The van der Waals surface area contributed by atoms with Gasteiger partial charge in [0.05, 0.1) is 19.1 Å². The van der Waals surface area contributed by atoms with Gasteiger partial charge in [0.15, 0.2) is 0 Å². The van der Waals surface area contributed by atoms with Crippen LogP contribution in [0.25, 0.3) is 0 Å². The molecule has 2 aliphatic rings. The van der Waals surface area contributed by atoms with E-state index in [1.54, 1.807) is 23.1 Å². The second-order valence-electron chi connectivity index (χ2n) is 6.46. The average Bonchev–Trinajstić information content (AvgIpc) is 3.10. The maximum atomic E-state index is 10.1. The topological polar surface area (TPSA) is 85.0 Å². The normalized spacial score (nSPS) is 26.2. The maximum absolute atomic E-state index is 10.1. The molecule has 0 spiro atoms. The highest BCUT2D eigenvalue weighted by Crippen LogP contribution is 2.17. The first-order valence-electron chi connectivity index (χ1n) is 8.56. The number of hydrogen-bond acceptors (Lipinski definition) is 4. The van der Waals surface area contributed by atoms with Crippen LogP contribution in [0.3, 0.4) is 0 Å². The molecule has 128 valence electrons. The summed E-state index contributed by atoms with van der Waals surface area (Å²) in [5.74, 6) is -1.48. The van der Waals surface area contributed by atoms with E-state index in [0.717, 1.165) is 6.42 Å². The Hall–Kier alpha value is -1.43. The molecule has 5 nitrogen and oxygen atoms in total. The van der Waals surface area contributed by atoms with Crippen LogP contribution in [0.15, 0.2) is 30.3 Å². The van der Waals surface area contributed by atoms with Gasteiger partial charge in [-0.15, -0.1) is 0 Å². The molecule has 1 aliphatic heterocycles. The van der Waals surface area contributed by atoms with Crippen molar-refractivity contribution in [2.24, 2.45) is 0 Å². The van der Waals surface area contributed by atoms with E-state index in [1.165, 1.54) is 57.3 Å². The van der Waals surface area contributed by atoms with Crippen molar-refractivity contribution in [1.29, 1.82) is 0 Å². The van der Waals surface area contributed by atoms with Crippen molar-refractivity contribution in [3.8, 4) is 0 Å². The van der Waals surface area contributed by atoms with E-state index in [4.69, 9.17) is 5.11 Å². The Morgan fingerprint density at radius 1 is 1.09 bits per heavy atom. The fourth-order valence-electron chi connectivity index (χ4n) is 3.56. The second kappa shape index (κ2) is 9.01. The molecule has 3 rings (SSSR count). The zero-order chi connectivity index (χ0) is 16.7. The van der Waals surface area contributed by atoms with Gasteiger partial charge in [-0.1, -0.05) is 36.8 Å². The SMILES string of the molecule is O=C([O-])[C@H](O)c1ccccc1.O[C@@H]1CCCC[C@H]1[NH+]1CCCC1. The van der Waals surface area contributed by atoms with E-state index in [-0.39, 0.29) is 6.10 Å². The van der Waals surface area contributed by atoms with Crippen LogP contribution in [0.1, 0.15) is 50.2 Å². The van der Waals surface area contributed by atoms with Gasteiger partial charge in [-0.25, -0.2) is 0 Å². The Bertz CT molecular complexity index is 473. The van der Waals surface area contributed by atoms with Gasteiger partial charge in [-0.05, 0) is 18.4 Å². The molecule has 0 radical (unpaired) electrons. The fraction of sp³-hybridized carbons (Fsp3) is 0.611. The number of nitrogens with one attached hydrogen (secondary N) is 1. The Balaban J connectivity index is 0.000000168. The highest BCUT2D eigenvalue weighted by molar-refractivity contribution is 5.71. The van der Waals surface area contributed by atoms with E-state index in [1.807, 2.05) is 0 Å². The Labute approximate surface area is 137 Å². The van der Waals surface area contributed by atoms with Crippen molar-refractivity contribution >= 4 is 5.97 Å². The van der Waals surface area contributed by atoms with E-state index >= 15 is 0 Å². The van der Waals surface area contributed by atoms with E-state index in [9.17, 15) is 15.0 Å². The third-order valence-corrected chi connectivity index (χ3v) is 4.84. The lowest BCUT2D eigenvalue weighted by Gasteiger charge is -2.31. The molecule has 1 aliphatic carbocycles. The molecule has 23 heavy (non-hydrogen) atoms. The number of aliphatic carboxylic acids is 1. The van der Waals surface area contributed by atoms with Gasteiger partial charge in [0.1, 0.15) is 18.2 Å². The third kappa shape index (κ3) is 5.30. The predicted octanol–water partition coefficient (Wildman–Crippen LogP) is -0.561. The summed E-state index contributed by atoms with van der Waals surface area (Å²) in [5, 5.41) is 28.9. The van der Waals surface area contributed by atoms with Gasteiger partial charge < -0.3 is 25.0 Å². The summed E-state index contributed by atoms with van der Waals surface area (Å²) in [7, 11) is 0. The Morgan fingerprint density at radius 3 is 2.26 bits per heavy atom. The zero-order valence-corrected chi connectivity index (χ0v) is 13.5. The van der Waals surface area contributed by atoms with Crippen LogP contribution in [0.5, 0.6) is 0 Å². The van der Waals surface area contributed by atoms with Gasteiger partial charge in [0, 0.05) is 19.3 Å². The molecule has 5 heteroatoms. The third-order valence-electron chi connectivity index (χ3n) is 4.84. The van der Waals surface area contributed by atoms with Gasteiger partial charge in [0.2, 0.25) is 0 Å². The molecule has 3 atom stereocenters. The minimum Gasteiger partial charge on any atom is -0.547 e. The molecule has 0 amide bonds. The number of carboxylic acids is 1. The van der Waals surface area contributed by atoms with E-state index in [2.05, 4.69) is 0 Å². The first-order valence-corrected chi connectivity index (χ1v) is 8.56. The molecule has 1 heterocycles. The lowest BCUT2D eigenvalue weighted by Crippen LogP contribution is -3.15. The van der Waals surface area contributed by atoms with Crippen molar-refractivity contribution in [3.63, 3.8) is 0 Å². The Kier molecular flexibility index (Phi) is 7.02. The van der Waals surface area contributed by atoms with Crippen molar-refractivity contribution in [2.75, 3.05) is 13.1 Å². The van der Waals surface area contributed by atoms with Crippen molar-refractivity contribution in [1.82, 2.24) is 0 Å². The number of benzene rings is 1. The van der Waals surface area contributed by atoms with Gasteiger partial charge in [-0.2, -0.15) is 0 Å². The highest BCUT2D eigenvalue weighted by atomic mass is 16.4. The lowest BCUT2D eigenvalue weighted by atomic mass is 9.91. The van der Waals surface area contributed by atoms with Crippen molar-refractivity contribution in [3.05, 3.63) is 35.9 Å². The molecular formula is C18H27NO4. The number of carboxylic acid groups (broad SMARTS) is 1. The van der Waals surface area contributed by atoms with Crippen LogP contribution < -0.4 is 10.0 Å². The van der Waals surface area contributed by atoms with Crippen molar-refractivity contribution in [2.45, 2.75) is 56.8 Å². The second-order valence-corrected chi connectivity index (χ2v) is 6.46. The number of rotatable bonds is 3. The molecular weight excluding hydrogens is 294 g/mol. The number of carbonyl (C=O) groups excluding carboxylic acids is 1. The van der Waals surface area contributed by atoms with Crippen LogP contribution >= 0.6 is 0 Å². The monoisotopic (exact) mass is 321 g/mol. The molecule has 0 unspecified atom stereocenters. The number of aliphatic hydroxyl groups is 2. The number of likely N-dealkylation sites (tertiary alicyclic amines) is 1. The van der Waals surface area contributed by atoms with Crippen LogP contribution in [0.2, 0.25) is 0 Å². The van der Waals surface area contributed by atoms with Crippen LogP contribution in [0, 0.1) is 0 Å². The first kappa shape index (κ1) is 17.9. The standard InChI is InChI=1S/C10H19NO.C8H8O3/c12-10-6-2-1-5-9(10)11-7-3-4-8-11;9-7(8(10)11)6-4-2-1-3-5-6/h9-10,12H,1-8H2;1-5,7,9H,(H,10,11)/t9-,10-;7-/m11/s1. The van der Waals surface area contributed by atoms with Gasteiger partial charge in [-0.3, -0.25) is 0 Å². The number of carbonyl (C=O) groups is 1. The fourth-order valence-corrected chi connectivity index (χ4v) is 3.56. The predicted molar refractivity (Wildman–Crippen MR) is 84.6 cm³/mol. The number of aliphatic hydroxyl groups excluding tert-OH is 2. The molecule has 1 saturated heterocycles. The van der Waals surface area contributed by atoms with E-state index < -0.39 is 12.1 Å². The summed E-state index contributed by atoms with van der Waals surface area (Å²) < 4.78 is 0. The quantitative estimate of drug-likeness (QED) is 0.697. The largest absolute Gasteiger partial charge is 0.547 e. The van der Waals surface area contributed by atoms with Crippen LogP contribution in [-0.4, -0.2) is 41.4 Å². The molecule has 3 N–H and O–H groups in total. The van der Waals surface area contributed by atoms with Gasteiger partial charge >= 0.3 is 0 Å². The van der Waals surface area contributed by atoms with Crippen molar-refractivity contribution < 1.29 is 25.0 Å². The van der Waals surface area contributed by atoms with Crippen LogP contribution in [-0.2, 0) is 4.79 Å². The minimum atomic E-state index is -1.52. The van der Waals surface area contributed by atoms with Crippen LogP contribution in [0.4, 0.5) is 0 Å². The summed E-state index contributed by atoms with van der Waals surface area (Å²) in [6.07, 6.45) is 6.13. The molecule has 0 aromatic heterocycles. The smallest absolute Gasteiger partial charge is 0.118 e. The summed E-state index contributed by atoms with van der Waals surface area (Å²) >= 11 is 0. The summed E-state index contributed by atoms with van der Waals surface area (Å²) in [6.45, 7) is 2.61. The molecule has 2 fully saturated rings. The molecule has 0 bridgehead atoms. The van der Waals surface area contributed by atoms with E-state index in [0.29, 0.717) is 11.6 Å². The highest BCUT2D eigenvalue weighted by Gasteiger charge is 2.33. The maximum Gasteiger partial charge on any atom is 0.118 e. The summed E-state index contributed by atoms with van der Waals surface area (Å²) in [6, 6.07) is 8.69. The first-order chi connectivity index (χ1) is 11.1. The molecule has 1 saturated carbocycles. The Morgan fingerprint density at radius 2 is 1.70 bits per heavy atom. The minimum absolute atomic E-state index is 0.00634. The summed E-state index contributed by atoms with van der Waals surface area (Å²) in [5.41, 5.74) is 0.340. The molecule has 1 aromatic rings. The number of quaternary nitrogens is 1. The number of hydrogen-bond donors (Lipinski definition) is 3. The lowest BCUT2D eigenvalue weighted by molar-refractivity contribution is -0.918. The average molecular weight is 321 g/mol. The summed E-state index contributed by atoms with van der Waals surface area (Å²) in [4.78, 5) is 11.8.